The van der Waals surface area contributed by atoms with Crippen LogP contribution in [0.4, 0.5) is 0 Å². The SMILES string of the molecule is CCCCOC(=O)CSC1CCCCC1. The first-order valence-electron chi connectivity index (χ1n) is 6.10. The lowest BCUT2D eigenvalue weighted by atomic mass is 10.0. The summed E-state index contributed by atoms with van der Waals surface area (Å²) in [6.07, 6.45) is 8.69. The Labute approximate surface area is 97.1 Å². The van der Waals surface area contributed by atoms with Crippen LogP contribution in [0.3, 0.4) is 0 Å². The molecule has 0 N–H and O–H groups in total. The van der Waals surface area contributed by atoms with E-state index in [4.69, 9.17) is 4.74 Å². The Morgan fingerprint density at radius 1 is 1.33 bits per heavy atom. The van der Waals surface area contributed by atoms with Crippen LogP contribution < -0.4 is 0 Å². The van der Waals surface area contributed by atoms with Crippen molar-refractivity contribution < 1.29 is 9.53 Å². The molecule has 0 saturated heterocycles. The van der Waals surface area contributed by atoms with E-state index in [-0.39, 0.29) is 5.97 Å². The molecule has 88 valence electrons. The summed E-state index contributed by atoms with van der Waals surface area (Å²) >= 11 is 1.79. The van der Waals surface area contributed by atoms with Gasteiger partial charge in [-0.15, -0.1) is 11.8 Å². The van der Waals surface area contributed by atoms with E-state index >= 15 is 0 Å². The number of hydrogen-bond donors (Lipinski definition) is 0. The van der Waals surface area contributed by atoms with Crippen LogP contribution >= 0.6 is 11.8 Å². The number of ether oxygens (including phenoxy) is 1. The van der Waals surface area contributed by atoms with E-state index in [2.05, 4.69) is 6.92 Å². The highest BCUT2D eigenvalue weighted by molar-refractivity contribution is 8.00. The summed E-state index contributed by atoms with van der Waals surface area (Å²) < 4.78 is 5.11. The highest BCUT2D eigenvalue weighted by atomic mass is 32.2. The first-order chi connectivity index (χ1) is 7.33. The first kappa shape index (κ1) is 12.9. The van der Waals surface area contributed by atoms with Crippen LogP contribution in [-0.2, 0) is 9.53 Å². The van der Waals surface area contributed by atoms with Crippen molar-refractivity contribution in [1.29, 1.82) is 0 Å². The number of esters is 1. The molecule has 0 aromatic heterocycles. The first-order valence-corrected chi connectivity index (χ1v) is 7.15. The highest BCUT2D eigenvalue weighted by Crippen LogP contribution is 2.28. The molecule has 1 rings (SSSR count). The molecular weight excluding hydrogens is 208 g/mol. The normalized spacial score (nSPS) is 17.7. The Bertz CT molecular complexity index is 176. The van der Waals surface area contributed by atoms with Gasteiger partial charge in [0.15, 0.2) is 0 Å². The number of thioether (sulfide) groups is 1. The van der Waals surface area contributed by atoms with Crippen LogP contribution in [0.2, 0.25) is 0 Å². The number of carbonyl (C=O) groups excluding carboxylic acids is 1. The number of unbranched alkanes of at least 4 members (excludes halogenated alkanes) is 1. The molecule has 3 heteroatoms. The topological polar surface area (TPSA) is 26.3 Å². The minimum absolute atomic E-state index is 0.0287. The van der Waals surface area contributed by atoms with Crippen molar-refractivity contribution in [3.8, 4) is 0 Å². The maximum absolute atomic E-state index is 11.3. The Morgan fingerprint density at radius 2 is 2.07 bits per heavy atom. The molecule has 0 spiro atoms. The zero-order valence-corrected chi connectivity index (χ0v) is 10.5. The van der Waals surface area contributed by atoms with Crippen molar-refractivity contribution in [2.24, 2.45) is 0 Å². The Balaban J connectivity index is 2.00. The van der Waals surface area contributed by atoms with E-state index in [0.717, 1.165) is 12.8 Å². The fourth-order valence-corrected chi connectivity index (χ4v) is 2.91. The van der Waals surface area contributed by atoms with Crippen molar-refractivity contribution in [2.75, 3.05) is 12.4 Å². The summed E-state index contributed by atoms with van der Waals surface area (Å²) in [6.45, 7) is 2.70. The van der Waals surface area contributed by atoms with Crippen LogP contribution in [0.25, 0.3) is 0 Å². The van der Waals surface area contributed by atoms with Crippen LogP contribution in [-0.4, -0.2) is 23.6 Å². The van der Waals surface area contributed by atoms with Gasteiger partial charge in [-0.1, -0.05) is 32.6 Å². The lowest BCUT2D eigenvalue weighted by molar-refractivity contribution is -0.140. The van der Waals surface area contributed by atoms with E-state index in [0.29, 0.717) is 17.6 Å². The third-order valence-corrected chi connectivity index (χ3v) is 4.10. The zero-order valence-electron chi connectivity index (χ0n) is 9.67. The lowest BCUT2D eigenvalue weighted by Crippen LogP contribution is -2.14. The molecule has 0 radical (unpaired) electrons. The average Bonchev–Trinajstić information content (AvgIpc) is 2.28. The second-order valence-electron chi connectivity index (χ2n) is 4.15. The van der Waals surface area contributed by atoms with Gasteiger partial charge in [0.25, 0.3) is 0 Å². The van der Waals surface area contributed by atoms with Gasteiger partial charge < -0.3 is 4.74 Å². The molecule has 0 aromatic rings. The van der Waals surface area contributed by atoms with Gasteiger partial charge >= 0.3 is 5.97 Å². The lowest BCUT2D eigenvalue weighted by Gasteiger charge is -2.20. The van der Waals surface area contributed by atoms with Crippen molar-refractivity contribution >= 4 is 17.7 Å². The molecule has 0 heterocycles. The van der Waals surface area contributed by atoms with Gasteiger partial charge in [-0.05, 0) is 19.3 Å². The van der Waals surface area contributed by atoms with Gasteiger partial charge in [0.2, 0.25) is 0 Å². The molecular formula is C12H22O2S. The summed E-state index contributed by atoms with van der Waals surface area (Å²) in [5, 5.41) is 0.706. The van der Waals surface area contributed by atoms with Crippen LogP contribution in [0, 0.1) is 0 Å². The summed E-state index contributed by atoms with van der Waals surface area (Å²) in [7, 11) is 0. The maximum Gasteiger partial charge on any atom is 0.315 e. The summed E-state index contributed by atoms with van der Waals surface area (Å²) in [5.74, 6) is 0.521. The predicted molar refractivity (Wildman–Crippen MR) is 65.2 cm³/mol. The fraction of sp³-hybridized carbons (Fsp3) is 0.917. The largest absolute Gasteiger partial charge is 0.465 e. The van der Waals surface area contributed by atoms with Gasteiger partial charge in [-0.3, -0.25) is 4.79 Å². The number of hydrogen-bond acceptors (Lipinski definition) is 3. The fourth-order valence-electron chi connectivity index (χ4n) is 1.79. The van der Waals surface area contributed by atoms with Gasteiger partial charge in [0, 0.05) is 5.25 Å². The van der Waals surface area contributed by atoms with Crippen molar-refractivity contribution in [3.05, 3.63) is 0 Å². The minimum Gasteiger partial charge on any atom is -0.465 e. The van der Waals surface area contributed by atoms with Gasteiger partial charge in [-0.2, -0.15) is 0 Å². The Hall–Kier alpha value is -0.180. The summed E-state index contributed by atoms with van der Waals surface area (Å²) in [5.41, 5.74) is 0. The zero-order chi connectivity index (χ0) is 10.9. The molecule has 0 bridgehead atoms. The van der Waals surface area contributed by atoms with Gasteiger partial charge in [-0.25, -0.2) is 0 Å². The van der Waals surface area contributed by atoms with Crippen molar-refractivity contribution in [1.82, 2.24) is 0 Å². The van der Waals surface area contributed by atoms with Crippen molar-refractivity contribution in [3.63, 3.8) is 0 Å². The number of rotatable bonds is 6. The highest BCUT2D eigenvalue weighted by Gasteiger charge is 2.15. The predicted octanol–water partition coefficient (Wildman–Crippen LogP) is 3.40. The van der Waals surface area contributed by atoms with Crippen LogP contribution in [0.15, 0.2) is 0 Å². The van der Waals surface area contributed by atoms with E-state index in [9.17, 15) is 4.79 Å². The Morgan fingerprint density at radius 3 is 2.73 bits per heavy atom. The molecule has 0 amide bonds. The molecule has 0 aliphatic heterocycles. The molecule has 0 aromatic carbocycles. The quantitative estimate of drug-likeness (QED) is 0.517. The van der Waals surface area contributed by atoms with E-state index < -0.39 is 0 Å². The van der Waals surface area contributed by atoms with Gasteiger partial charge in [0.1, 0.15) is 0 Å². The molecule has 1 aliphatic carbocycles. The van der Waals surface area contributed by atoms with E-state index in [1.54, 1.807) is 11.8 Å². The molecule has 1 aliphatic rings. The van der Waals surface area contributed by atoms with Crippen molar-refractivity contribution in [2.45, 2.75) is 57.1 Å². The number of carbonyl (C=O) groups is 1. The molecule has 2 nitrogen and oxygen atoms in total. The molecule has 15 heavy (non-hydrogen) atoms. The molecule has 0 atom stereocenters. The average molecular weight is 230 g/mol. The minimum atomic E-state index is -0.0287. The smallest absolute Gasteiger partial charge is 0.315 e. The summed E-state index contributed by atoms with van der Waals surface area (Å²) in [6, 6.07) is 0. The van der Waals surface area contributed by atoms with Crippen LogP contribution in [0.5, 0.6) is 0 Å². The second-order valence-corrected chi connectivity index (χ2v) is 5.43. The second kappa shape index (κ2) is 8.03. The summed E-state index contributed by atoms with van der Waals surface area (Å²) in [4.78, 5) is 11.3. The molecule has 1 saturated carbocycles. The monoisotopic (exact) mass is 230 g/mol. The standard InChI is InChI=1S/C12H22O2S/c1-2-3-9-14-12(13)10-15-11-7-5-4-6-8-11/h11H,2-10H2,1H3. The third kappa shape index (κ3) is 6.08. The Kier molecular flexibility index (Phi) is 6.90. The van der Waals surface area contributed by atoms with Gasteiger partial charge in [0.05, 0.1) is 12.4 Å². The molecule has 1 fully saturated rings. The molecule has 0 unspecified atom stereocenters. The maximum atomic E-state index is 11.3. The van der Waals surface area contributed by atoms with E-state index in [1.807, 2.05) is 0 Å². The van der Waals surface area contributed by atoms with Crippen LogP contribution in [0.1, 0.15) is 51.9 Å². The third-order valence-electron chi connectivity index (χ3n) is 2.75. The van der Waals surface area contributed by atoms with E-state index in [1.165, 1.54) is 32.1 Å².